The molecule has 1 fully saturated rings. The van der Waals surface area contributed by atoms with Crippen LogP contribution < -0.4 is 4.74 Å². The molecule has 0 aliphatic carbocycles. The predicted octanol–water partition coefficient (Wildman–Crippen LogP) is 2.76. The Morgan fingerprint density at radius 2 is 1.82 bits per heavy atom. The van der Waals surface area contributed by atoms with Crippen molar-refractivity contribution in [3.05, 3.63) is 22.2 Å². The van der Waals surface area contributed by atoms with Crippen LogP contribution in [0.25, 0.3) is 0 Å². The summed E-state index contributed by atoms with van der Waals surface area (Å²) in [5.41, 5.74) is 1.31. The van der Waals surface area contributed by atoms with E-state index in [0.29, 0.717) is 29.4 Å². The lowest BCUT2D eigenvalue weighted by Gasteiger charge is -2.35. The monoisotopic (exact) mass is 347 g/mol. The van der Waals surface area contributed by atoms with Crippen LogP contribution in [0.2, 0.25) is 5.02 Å². The van der Waals surface area contributed by atoms with E-state index in [0.717, 1.165) is 5.56 Å². The number of halogens is 1. The summed E-state index contributed by atoms with van der Waals surface area (Å²) in [6, 6.07) is 1.66. The molecule has 22 heavy (non-hydrogen) atoms. The molecule has 1 aliphatic rings. The summed E-state index contributed by atoms with van der Waals surface area (Å²) in [5, 5.41) is 0.453. The van der Waals surface area contributed by atoms with Gasteiger partial charge in [0.05, 0.1) is 19.3 Å². The average Bonchev–Trinajstić information content (AvgIpc) is 2.42. The van der Waals surface area contributed by atoms with Crippen LogP contribution in [0.15, 0.2) is 11.0 Å². The largest absolute Gasteiger partial charge is 0.495 e. The summed E-state index contributed by atoms with van der Waals surface area (Å²) >= 11 is 6.25. The molecule has 0 N–H and O–H groups in total. The van der Waals surface area contributed by atoms with Crippen molar-refractivity contribution >= 4 is 21.6 Å². The molecule has 7 heteroatoms. The highest BCUT2D eigenvalue weighted by Crippen LogP contribution is 2.37. The first-order valence-corrected chi connectivity index (χ1v) is 8.99. The molecule has 5 nitrogen and oxygen atoms in total. The highest BCUT2D eigenvalue weighted by molar-refractivity contribution is 7.89. The van der Waals surface area contributed by atoms with E-state index >= 15 is 0 Å². The molecule has 2 unspecified atom stereocenters. The molecular formula is C15H22ClNO4S. The van der Waals surface area contributed by atoms with Crippen LogP contribution in [0, 0.1) is 13.8 Å². The van der Waals surface area contributed by atoms with E-state index in [1.807, 2.05) is 20.8 Å². The van der Waals surface area contributed by atoms with Gasteiger partial charge in [-0.05, 0) is 44.9 Å². The highest BCUT2D eigenvalue weighted by Gasteiger charge is 2.35. The molecule has 0 aromatic heterocycles. The molecule has 0 amide bonds. The number of hydrogen-bond acceptors (Lipinski definition) is 4. The van der Waals surface area contributed by atoms with Crippen LogP contribution in [0.4, 0.5) is 0 Å². The Morgan fingerprint density at radius 1 is 1.27 bits per heavy atom. The van der Waals surface area contributed by atoms with Gasteiger partial charge in [-0.3, -0.25) is 0 Å². The lowest BCUT2D eigenvalue weighted by Crippen LogP contribution is -2.48. The zero-order valence-electron chi connectivity index (χ0n) is 13.5. The lowest BCUT2D eigenvalue weighted by molar-refractivity contribution is -0.0441. The molecule has 0 spiro atoms. The van der Waals surface area contributed by atoms with Gasteiger partial charge in [0.1, 0.15) is 10.6 Å². The van der Waals surface area contributed by atoms with E-state index in [-0.39, 0.29) is 17.1 Å². The number of benzene rings is 1. The van der Waals surface area contributed by atoms with Crippen LogP contribution in [0.3, 0.4) is 0 Å². The number of aryl methyl sites for hydroxylation is 1. The fraction of sp³-hybridized carbons (Fsp3) is 0.600. The highest BCUT2D eigenvalue weighted by atomic mass is 35.5. The van der Waals surface area contributed by atoms with Gasteiger partial charge >= 0.3 is 0 Å². The van der Waals surface area contributed by atoms with Gasteiger partial charge in [0, 0.05) is 18.1 Å². The third-order valence-electron chi connectivity index (χ3n) is 3.79. The molecule has 1 heterocycles. The number of ether oxygens (including phenoxy) is 2. The van der Waals surface area contributed by atoms with Gasteiger partial charge in [0.2, 0.25) is 10.0 Å². The minimum Gasteiger partial charge on any atom is -0.495 e. The Bertz CT molecular complexity index is 665. The minimum absolute atomic E-state index is 0.145. The Labute approximate surface area is 137 Å². The van der Waals surface area contributed by atoms with Crippen LogP contribution in [0.5, 0.6) is 5.75 Å². The molecule has 1 aliphatic heterocycles. The minimum atomic E-state index is -3.70. The normalized spacial score (nSPS) is 23.5. The molecule has 2 rings (SSSR count). The summed E-state index contributed by atoms with van der Waals surface area (Å²) in [5.74, 6) is 0.325. The first kappa shape index (κ1) is 17.5. The van der Waals surface area contributed by atoms with Crippen molar-refractivity contribution in [1.82, 2.24) is 4.31 Å². The molecule has 2 atom stereocenters. The molecule has 1 aromatic carbocycles. The van der Waals surface area contributed by atoms with Crippen LogP contribution >= 0.6 is 11.6 Å². The quantitative estimate of drug-likeness (QED) is 0.843. The van der Waals surface area contributed by atoms with Crippen molar-refractivity contribution in [3.8, 4) is 5.75 Å². The van der Waals surface area contributed by atoms with Gasteiger partial charge in [0.25, 0.3) is 0 Å². The van der Waals surface area contributed by atoms with Crippen molar-refractivity contribution < 1.29 is 17.9 Å². The second-order valence-electron chi connectivity index (χ2n) is 5.74. The average molecular weight is 348 g/mol. The Kier molecular flexibility index (Phi) is 5.06. The zero-order chi connectivity index (χ0) is 16.7. The van der Waals surface area contributed by atoms with Crippen LogP contribution in [0.1, 0.15) is 25.0 Å². The number of hydrogen-bond donors (Lipinski definition) is 0. The van der Waals surface area contributed by atoms with Gasteiger partial charge < -0.3 is 9.47 Å². The van der Waals surface area contributed by atoms with E-state index in [2.05, 4.69) is 0 Å². The third kappa shape index (κ3) is 3.11. The molecule has 124 valence electrons. The first-order chi connectivity index (χ1) is 10.2. The number of sulfonamides is 1. The van der Waals surface area contributed by atoms with Crippen LogP contribution in [-0.4, -0.2) is 45.1 Å². The lowest BCUT2D eigenvalue weighted by atomic mass is 10.1. The van der Waals surface area contributed by atoms with Crippen LogP contribution in [-0.2, 0) is 14.8 Å². The fourth-order valence-electron chi connectivity index (χ4n) is 2.83. The summed E-state index contributed by atoms with van der Waals surface area (Å²) in [7, 11) is -2.23. The maximum atomic E-state index is 13.1. The molecule has 1 saturated heterocycles. The standard InChI is InChI=1S/C15H22ClNO4S/c1-9-6-13(20-5)15(12(4)14(9)16)22(18,19)17-7-10(2)21-11(3)8-17/h6,10-11H,7-8H2,1-5H3. The molecular weight excluding hydrogens is 326 g/mol. The van der Waals surface area contributed by atoms with Crippen molar-refractivity contribution in [2.45, 2.75) is 44.8 Å². The van der Waals surface area contributed by atoms with E-state index in [4.69, 9.17) is 21.1 Å². The van der Waals surface area contributed by atoms with E-state index in [9.17, 15) is 8.42 Å². The third-order valence-corrected chi connectivity index (χ3v) is 6.37. The molecule has 0 radical (unpaired) electrons. The van der Waals surface area contributed by atoms with Gasteiger partial charge in [0.15, 0.2) is 0 Å². The SMILES string of the molecule is COc1cc(C)c(Cl)c(C)c1S(=O)(=O)N1CC(C)OC(C)C1. The second-order valence-corrected chi connectivity index (χ2v) is 8.00. The first-order valence-electron chi connectivity index (χ1n) is 7.17. The summed E-state index contributed by atoms with van der Waals surface area (Å²) in [6.45, 7) is 7.90. The predicted molar refractivity (Wildman–Crippen MR) is 86.2 cm³/mol. The van der Waals surface area contributed by atoms with Crippen molar-refractivity contribution in [2.24, 2.45) is 0 Å². The van der Waals surface area contributed by atoms with Gasteiger partial charge in [-0.15, -0.1) is 0 Å². The molecule has 0 saturated carbocycles. The Balaban J connectivity index is 2.56. The van der Waals surface area contributed by atoms with Crippen molar-refractivity contribution in [1.29, 1.82) is 0 Å². The van der Waals surface area contributed by atoms with Gasteiger partial charge in [-0.2, -0.15) is 4.31 Å². The topological polar surface area (TPSA) is 55.8 Å². The number of methoxy groups -OCH3 is 1. The number of morpholine rings is 1. The number of rotatable bonds is 3. The molecule has 0 bridgehead atoms. The molecule has 1 aromatic rings. The maximum Gasteiger partial charge on any atom is 0.247 e. The van der Waals surface area contributed by atoms with E-state index < -0.39 is 10.0 Å². The number of nitrogens with zero attached hydrogens (tertiary/aromatic N) is 1. The summed E-state index contributed by atoms with van der Waals surface area (Å²) < 4.78 is 38.5. The zero-order valence-corrected chi connectivity index (χ0v) is 15.1. The van der Waals surface area contributed by atoms with E-state index in [1.165, 1.54) is 11.4 Å². The summed E-state index contributed by atoms with van der Waals surface area (Å²) in [6.07, 6.45) is -0.295. The summed E-state index contributed by atoms with van der Waals surface area (Å²) in [4.78, 5) is 0.145. The van der Waals surface area contributed by atoms with Gasteiger partial charge in [-0.1, -0.05) is 11.6 Å². The Morgan fingerprint density at radius 3 is 2.32 bits per heavy atom. The van der Waals surface area contributed by atoms with E-state index in [1.54, 1.807) is 13.0 Å². The maximum absolute atomic E-state index is 13.1. The fourth-order valence-corrected chi connectivity index (χ4v) is 5.00. The van der Waals surface area contributed by atoms with Gasteiger partial charge in [-0.25, -0.2) is 8.42 Å². The Hall–Kier alpha value is -0.820. The smallest absolute Gasteiger partial charge is 0.247 e. The van der Waals surface area contributed by atoms with Crippen molar-refractivity contribution in [2.75, 3.05) is 20.2 Å². The second kappa shape index (κ2) is 6.35. The van der Waals surface area contributed by atoms with Crippen molar-refractivity contribution in [3.63, 3.8) is 0 Å².